The first-order valence-electron chi connectivity index (χ1n) is 9.26. The highest BCUT2D eigenvalue weighted by atomic mass is 16.5. The number of nitrogen functional groups attached to an aromatic ring is 1. The number of carbonyl (C=O) groups is 2. The maximum atomic E-state index is 12.2. The van der Waals surface area contributed by atoms with Gasteiger partial charge in [0.1, 0.15) is 17.6 Å². The summed E-state index contributed by atoms with van der Waals surface area (Å²) < 4.78 is 10.3. The lowest BCUT2D eigenvalue weighted by Crippen LogP contribution is -2.38. The number of hydrogen-bond donors (Lipinski definition) is 2. The first kappa shape index (κ1) is 20.8. The number of anilines is 1. The first-order chi connectivity index (χ1) is 14.5. The number of para-hydroxylation sites is 1. The number of amides is 1. The largest absolute Gasteiger partial charge is 0.497 e. The Balaban J connectivity index is 1.52. The van der Waals surface area contributed by atoms with Crippen molar-refractivity contribution in [2.45, 2.75) is 19.6 Å². The number of fused-ring (bicyclic) bond motifs is 1. The van der Waals surface area contributed by atoms with Crippen LogP contribution in [0.25, 0.3) is 17.0 Å². The summed E-state index contributed by atoms with van der Waals surface area (Å²) in [6, 6.07) is 13.7. The Labute approximate surface area is 173 Å². The van der Waals surface area contributed by atoms with E-state index in [1.165, 1.54) is 13.0 Å². The number of methoxy groups -OCH3 is 1. The summed E-state index contributed by atoms with van der Waals surface area (Å²) in [5.41, 5.74) is 7.42. The van der Waals surface area contributed by atoms with Gasteiger partial charge in [-0.05, 0) is 42.8 Å². The Morgan fingerprint density at radius 2 is 1.87 bits per heavy atom. The number of esters is 1. The van der Waals surface area contributed by atoms with Gasteiger partial charge in [-0.2, -0.15) is 0 Å². The third kappa shape index (κ3) is 5.32. The van der Waals surface area contributed by atoms with Crippen LogP contribution in [0.5, 0.6) is 5.75 Å². The van der Waals surface area contributed by atoms with E-state index in [1.807, 2.05) is 30.3 Å². The van der Waals surface area contributed by atoms with Gasteiger partial charge in [-0.3, -0.25) is 4.79 Å². The number of aromatic nitrogens is 2. The molecule has 0 aliphatic heterocycles. The maximum Gasteiger partial charge on any atom is 0.328 e. The minimum absolute atomic E-state index is 0.143. The number of nitrogens with zero attached hydrogens (tertiary/aromatic N) is 2. The second kappa shape index (κ2) is 9.51. The minimum Gasteiger partial charge on any atom is -0.497 e. The van der Waals surface area contributed by atoms with E-state index in [0.717, 1.165) is 16.7 Å². The summed E-state index contributed by atoms with van der Waals surface area (Å²) in [6.45, 7) is 1.40. The Morgan fingerprint density at radius 1 is 1.13 bits per heavy atom. The van der Waals surface area contributed by atoms with Gasteiger partial charge in [0.25, 0.3) is 0 Å². The first-order valence-corrected chi connectivity index (χ1v) is 9.26. The Kier molecular flexibility index (Phi) is 6.59. The molecular weight excluding hydrogens is 384 g/mol. The average molecular weight is 406 g/mol. The highest BCUT2D eigenvalue weighted by Gasteiger charge is 2.17. The second-order valence-electron chi connectivity index (χ2n) is 6.49. The third-order valence-electron chi connectivity index (χ3n) is 4.28. The fourth-order valence-corrected chi connectivity index (χ4v) is 2.68. The van der Waals surface area contributed by atoms with Gasteiger partial charge >= 0.3 is 5.97 Å². The van der Waals surface area contributed by atoms with Crippen molar-refractivity contribution in [3.63, 3.8) is 0 Å². The number of nitrogens with one attached hydrogen (secondary N) is 1. The molecule has 8 nitrogen and oxygen atoms in total. The van der Waals surface area contributed by atoms with Crippen LogP contribution in [0, 0.1) is 0 Å². The summed E-state index contributed by atoms with van der Waals surface area (Å²) in [5, 5.41) is 3.29. The monoisotopic (exact) mass is 406 g/mol. The number of hydrogen-bond acceptors (Lipinski definition) is 7. The van der Waals surface area contributed by atoms with E-state index in [1.54, 1.807) is 31.4 Å². The molecule has 0 bridgehead atoms. The van der Waals surface area contributed by atoms with Crippen molar-refractivity contribution in [3.05, 3.63) is 66.0 Å². The lowest BCUT2D eigenvalue weighted by atomic mass is 10.2. The molecule has 0 radical (unpaired) electrons. The van der Waals surface area contributed by atoms with E-state index in [4.69, 9.17) is 15.2 Å². The van der Waals surface area contributed by atoms with Crippen LogP contribution in [0.3, 0.4) is 0 Å². The maximum absolute atomic E-state index is 12.2. The van der Waals surface area contributed by atoms with Crippen LogP contribution in [0.15, 0.2) is 54.6 Å². The quantitative estimate of drug-likeness (QED) is 0.457. The standard InChI is InChI=1S/C22H22N4O4/c1-14(24-20(27)12-9-15-7-10-16(29-2)11-8-15)22(28)30-13-19-25-18-6-4-3-5-17(18)21(23)26-19/h3-12,14H,13H2,1-2H3,(H,24,27)(H2,23,25,26)/b12-9+/t14-/m0/s1. The lowest BCUT2D eigenvalue weighted by molar-refractivity contribution is -0.148. The smallest absolute Gasteiger partial charge is 0.328 e. The fourth-order valence-electron chi connectivity index (χ4n) is 2.68. The molecule has 0 aliphatic rings. The molecule has 8 heteroatoms. The zero-order valence-electron chi connectivity index (χ0n) is 16.7. The molecule has 0 fully saturated rings. The number of ether oxygens (including phenoxy) is 2. The SMILES string of the molecule is COc1ccc(/C=C/C(=O)N[C@@H](C)C(=O)OCc2nc(N)c3ccccc3n2)cc1. The normalized spacial score (nSPS) is 11.9. The Bertz CT molecular complexity index is 1080. The zero-order chi connectivity index (χ0) is 21.5. The van der Waals surface area contributed by atoms with Crippen LogP contribution in [-0.2, 0) is 20.9 Å². The number of nitrogens with two attached hydrogens (primary N) is 1. The lowest BCUT2D eigenvalue weighted by Gasteiger charge is -2.12. The summed E-state index contributed by atoms with van der Waals surface area (Å²) in [6.07, 6.45) is 2.98. The molecule has 0 spiro atoms. The van der Waals surface area contributed by atoms with Gasteiger partial charge in [0.05, 0.1) is 12.6 Å². The van der Waals surface area contributed by atoms with Gasteiger partial charge in [-0.1, -0.05) is 24.3 Å². The molecule has 1 aromatic heterocycles. The summed E-state index contributed by atoms with van der Waals surface area (Å²) in [7, 11) is 1.58. The highest BCUT2D eigenvalue weighted by Crippen LogP contribution is 2.17. The van der Waals surface area contributed by atoms with Crippen molar-refractivity contribution in [1.82, 2.24) is 15.3 Å². The molecule has 2 aromatic carbocycles. The van der Waals surface area contributed by atoms with Gasteiger partial charge in [0.15, 0.2) is 12.4 Å². The van der Waals surface area contributed by atoms with Gasteiger partial charge < -0.3 is 20.5 Å². The molecule has 0 saturated carbocycles. The van der Waals surface area contributed by atoms with Crippen molar-refractivity contribution in [1.29, 1.82) is 0 Å². The van der Waals surface area contributed by atoms with Crippen molar-refractivity contribution < 1.29 is 19.1 Å². The van der Waals surface area contributed by atoms with Crippen LogP contribution in [0.1, 0.15) is 18.3 Å². The molecule has 1 heterocycles. The number of benzene rings is 2. The van der Waals surface area contributed by atoms with Crippen molar-refractivity contribution in [3.8, 4) is 5.75 Å². The molecule has 0 unspecified atom stereocenters. The van der Waals surface area contributed by atoms with Crippen LogP contribution in [0.2, 0.25) is 0 Å². The molecule has 0 aliphatic carbocycles. The van der Waals surface area contributed by atoms with Crippen molar-refractivity contribution in [2.24, 2.45) is 0 Å². The molecule has 30 heavy (non-hydrogen) atoms. The zero-order valence-corrected chi connectivity index (χ0v) is 16.7. The summed E-state index contributed by atoms with van der Waals surface area (Å²) >= 11 is 0. The fraction of sp³-hybridized carbons (Fsp3) is 0.182. The van der Waals surface area contributed by atoms with Gasteiger partial charge in [-0.25, -0.2) is 14.8 Å². The van der Waals surface area contributed by atoms with Crippen LogP contribution < -0.4 is 15.8 Å². The predicted molar refractivity (Wildman–Crippen MR) is 113 cm³/mol. The number of rotatable bonds is 7. The summed E-state index contributed by atoms with van der Waals surface area (Å²) in [5.74, 6) is 0.317. The molecule has 3 rings (SSSR count). The van der Waals surface area contributed by atoms with E-state index < -0.39 is 17.9 Å². The van der Waals surface area contributed by atoms with E-state index in [9.17, 15) is 9.59 Å². The van der Waals surface area contributed by atoms with E-state index in [0.29, 0.717) is 11.3 Å². The van der Waals surface area contributed by atoms with E-state index in [-0.39, 0.29) is 12.4 Å². The molecule has 154 valence electrons. The molecule has 1 amide bonds. The highest BCUT2D eigenvalue weighted by molar-refractivity contribution is 5.94. The van der Waals surface area contributed by atoms with Crippen LogP contribution >= 0.6 is 0 Å². The topological polar surface area (TPSA) is 116 Å². The second-order valence-corrected chi connectivity index (χ2v) is 6.49. The molecule has 3 aromatic rings. The van der Waals surface area contributed by atoms with E-state index in [2.05, 4.69) is 15.3 Å². The van der Waals surface area contributed by atoms with Crippen molar-refractivity contribution in [2.75, 3.05) is 12.8 Å². The predicted octanol–water partition coefficient (Wildman–Crippen LogP) is 2.48. The van der Waals surface area contributed by atoms with Crippen LogP contribution in [-0.4, -0.2) is 35.0 Å². The average Bonchev–Trinajstić information content (AvgIpc) is 2.76. The Hall–Kier alpha value is -3.94. The third-order valence-corrected chi connectivity index (χ3v) is 4.28. The molecule has 1 atom stereocenters. The van der Waals surface area contributed by atoms with Crippen LogP contribution in [0.4, 0.5) is 5.82 Å². The van der Waals surface area contributed by atoms with Gasteiger partial charge in [0, 0.05) is 11.5 Å². The molecule has 0 saturated heterocycles. The van der Waals surface area contributed by atoms with Gasteiger partial charge in [-0.15, -0.1) is 0 Å². The summed E-state index contributed by atoms with van der Waals surface area (Å²) in [4.78, 5) is 32.7. The molecule has 3 N–H and O–H groups in total. The van der Waals surface area contributed by atoms with E-state index >= 15 is 0 Å². The van der Waals surface area contributed by atoms with Crippen molar-refractivity contribution >= 4 is 34.7 Å². The minimum atomic E-state index is -0.837. The number of carbonyl (C=O) groups excluding carboxylic acids is 2. The molecular formula is C22H22N4O4. The van der Waals surface area contributed by atoms with Gasteiger partial charge in [0.2, 0.25) is 5.91 Å². The Morgan fingerprint density at radius 3 is 2.60 bits per heavy atom.